The maximum atomic E-state index is 6.82. The van der Waals surface area contributed by atoms with Crippen LogP contribution in [0.4, 0.5) is 17.1 Å². The molecular weight excluding hydrogens is 619 g/mol. The van der Waals surface area contributed by atoms with E-state index >= 15 is 0 Å². The molecule has 0 radical (unpaired) electrons. The molecule has 1 aliphatic carbocycles. The largest absolute Gasteiger partial charge is 0.456 e. The first kappa shape index (κ1) is 29.5. The number of anilines is 3. The molecule has 0 saturated carbocycles. The molecule has 0 fully saturated rings. The summed E-state index contributed by atoms with van der Waals surface area (Å²) in [6, 6.07) is 63.5. The topological polar surface area (TPSA) is 16.4 Å². The molecule has 51 heavy (non-hydrogen) atoms. The molecule has 1 heterocycles. The maximum absolute atomic E-state index is 6.82. The molecule has 10 rings (SSSR count). The third-order valence-corrected chi connectivity index (χ3v) is 10.9. The number of benzene rings is 8. The van der Waals surface area contributed by atoms with Gasteiger partial charge in [-0.3, -0.25) is 0 Å². The molecule has 0 atom stereocenters. The molecule has 8 aromatic carbocycles. The highest BCUT2D eigenvalue weighted by atomic mass is 16.3. The predicted molar refractivity (Wildman–Crippen MR) is 214 cm³/mol. The van der Waals surface area contributed by atoms with E-state index in [0.717, 1.165) is 39.0 Å². The van der Waals surface area contributed by atoms with Crippen molar-refractivity contribution < 1.29 is 4.42 Å². The monoisotopic (exact) mass is 653 g/mol. The van der Waals surface area contributed by atoms with Crippen molar-refractivity contribution in [2.75, 3.05) is 4.90 Å². The molecular formula is C49H35NO. The van der Waals surface area contributed by atoms with Crippen LogP contribution in [0.1, 0.15) is 25.0 Å². The van der Waals surface area contributed by atoms with E-state index in [4.69, 9.17) is 4.42 Å². The van der Waals surface area contributed by atoms with Gasteiger partial charge >= 0.3 is 0 Å². The van der Waals surface area contributed by atoms with Crippen LogP contribution < -0.4 is 4.90 Å². The number of hydrogen-bond acceptors (Lipinski definition) is 2. The number of fused-ring (bicyclic) bond motifs is 8. The van der Waals surface area contributed by atoms with Crippen molar-refractivity contribution in [2.24, 2.45) is 0 Å². The zero-order chi connectivity index (χ0) is 34.1. The average Bonchev–Trinajstić information content (AvgIpc) is 3.67. The lowest BCUT2D eigenvalue weighted by Gasteiger charge is -2.29. The summed E-state index contributed by atoms with van der Waals surface area (Å²) in [5.74, 6) is 0. The number of hydrogen-bond donors (Lipinski definition) is 0. The molecule has 0 saturated heterocycles. The van der Waals surface area contributed by atoms with Crippen LogP contribution in [0.15, 0.2) is 180 Å². The minimum atomic E-state index is -0.118. The van der Waals surface area contributed by atoms with E-state index in [0.29, 0.717) is 0 Å². The smallest absolute Gasteiger partial charge is 0.137 e. The summed E-state index contributed by atoms with van der Waals surface area (Å²) in [6.07, 6.45) is 0. The van der Waals surface area contributed by atoms with Crippen LogP contribution in [0.25, 0.3) is 66.1 Å². The normalized spacial score (nSPS) is 13.1. The van der Waals surface area contributed by atoms with Crippen LogP contribution >= 0.6 is 0 Å². The minimum absolute atomic E-state index is 0.118. The zero-order valence-corrected chi connectivity index (χ0v) is 28.6. The molecule has 0 unspecified atom stereocenters. The molecule has 9 aromatic rings. The Kier molecular flexibility index (Phi) is 6.56. The quantitative estimate of drug-likeness (QED) is 0.184. The first-order valence-corrected chi connectivity index (χ1v) is 17.7. The van der Waals surface area contributed by atoms with Crippen LogP contribution in [0.5, 0.6) is 0 Å². The van der Waals surface area contributed by atoms with Gasteiger partial charge in [0.1, 0.15) is 11.2 Å². The molecule has 2 nitrogen and oxygen atoms in total. The highest BCUT2D eigenvalue weighted by Gasteiger charge is 2.36. The Morgan fingerprint density at radius 3 is 1.78 bits per heavy atom. The highest BCUT2D eigenvalue weighted by molar-refractivity contribution is 6.22. The van der Waals surface area contributed by atoms with Gasteiger partial charge in [0.05, 0.1) is 5.69 Å². The van der Waals surface area contributed by atoms with Gasteiger partial charge in [-0.1, -0.05) is 147 Å². The fourth-order valence-corrected chi connectivity index (χ4v) is 8.41. The van der Waals surface area contributed by atoms with E-state index in [1.165, 1.54) is 55.3 Å². The van der Waals surface area contributed by atoms with Crippen molar-refractivity contribution in [3.05, 3.63) is 187 Å². The molecule has 0 spiro atoms. The van der Waals surface area contributed by atoms with Crippen molar-refractivity contribution in [3.8, 4) is 33.4 Å². The van der Waals surface area contributed by atoms with Crippen LogP contribution in [-0.2, 0) is 5.41 Å². The summed E-state index contributed by atoms with van der Waals surface area (Å²) in [5, 5.41) is 4.70. The summed E-state index contributed by atoms with van der Waals surface area (Å²) in [5.41, 5.74) is 15.0. The molecule has 242 valence electrons. The van der Waals surface area contributed by atoms with E-state index < -0.39 is 0 Å². The Morgan fingerprint density at radius 2 is 1.00 bits per heavy atom. The summed E-state index contributed by atoms with van der Waals surface area (Å²) >= 11 is 0. The van der Waals surface area contributed by atoms with Crippen molar-refractivity contribution in [1.29, 1.82) is 0 Å². The standard InChI is InChI=1S/C49H35NO/c1-49(2)43-23-13-11-21-38(43)39-27-25-34(29-44(39)49)50(45-24-14-12-19-36(45)32-15-5-3-6-16-32)35-26-28-41-46(30-35)51-47-31-42(33-17-7-4-8-18-33)37-20-9-10-22-40(37)48(41)47/h3-31H,1-2H3. The molecule has 1 aromatic heterocycles. The van der Waals surface area contributed by atoms with Crippen LogP contribution in [-0.4, -0.2) is 0 Å². The van der Waals surface area contributed by atoms with E-state index in [9.17, 15) is 0 Å². The number of rotatable bonds is 5. The second-order valence-corrected chi connectivity index (χ2v) is 14.1. The van der Waals surface area contributed by atoms with Crippen molar-refractivity contribution >= 4 is 49.8 Å². The van der Waals surface area contributed by atoms with E-state index in [-0.39, 0.29) is 5.41 Å². The molecule has 0 N–H and O–H groups in total. The fourth-order valence-electron chi connectivity index (χ4n) is 8.41. The van der Waals surface area contributed by atoms with Gasteiger partial charge in [-0.25, -0.2) is 0 Å². The number of nitrogens with zero attached hydrogens (tertiary/aromatic N) is 1. The predicted octanol–water partition coefficient (Wildman–Crippen LogP) is 13.8. The van der Waals surface area contributed by atoms with E-state index in [1.807, 2.05) is 0 Å². The van der Waals surface area contributed by atoms with Gasteiger partial charge in [0.2, 0.25) is 0 Å². The highest BCUT2D eigenvalue weighted by Crippen LogP contribution is 2.51. The lowest BCUT2D eigenvalue weighted by Crippen LogP contribution is -2.16. The molecule has 0 bridgehead atoms. The third-order valence-electron chi connectivity index (χ3n) is 10.9. The lowest BCUT2D eigenvalue weighted by molar-refractivity contribution is 0.660. The maximum Gasteiger partial charge on any atom is 0.137 e. The summed E-state index contributed by atoms with van der Waals surface area (Å²) in [6.45, 7) is 4.69. The van der Waals surface area contributed by atoms with Gasteiger partial charge < -0.3 is 9.32 Å². The summed E-state index contributed by atoms with van der Waals surface area (Å²) in [7, 11) is 0. The van der Waals surface area contributed by atoms with E-state index in [2.05, 4.69) is 195 Å². The molecule has 0 aliphatic heterocycles. The molecule has 1 aliphatic rings. The first-order chi connectivity index (χ1) is 25.1. The molecule has 2 heteroatoms. The molecule has 0 amide bonds. The third kappa shape index (κ3) is 4.57. The number of furan rings is 1. The average molecular weight is 654 g/mol. The van der Waals surface area contributed by atoms with Gasteiger partial charge in [-0.05, 0) is 86.1 Å². The van der Waals surface area contributed by atoms with Gasteiger partial charge in [-0.15, -0.1) is 0 Å². The van der Waals surface area contributed by atoms with Crippen LogP contribution in [0.2, 0.25) is 0 Å². The van der Waals surface area contributed by atoms with Crippen LogP contribution in [0, 0.1) is 0 Å². The van der Waals surface area contributed by atoms with Gasteiger partial charge in [0.15, 0.2) is 0 Å². The first-order valence-electron chi connectivity index (χ1n) is 17.7. The Labute approximate surface area is 297 Å². The van der Waals surface area contributed by atoms with Gasteiger partial charge in [0, 0.05) is 39.2 Å². The number of para-hydroxylation sites is 1. The fraction of sp³-hybridized carbons (Fsp3) is 0.0612. The Hall–Kier alpha value is -6.38. The van der Waals surface area contributed by atoms with E-state index in [1.54, 1.807) is 0 Å². The van der Waals surface area contributed by atoms with Gasteiger partial charge in [-0.2, -0.15) is 0 Å². The van der Waals surface area contributed by atoms with Crippen molar-refractivity contribution in [3.63, 3.8) is 0 Å². The van der Waals surface area contributed by atoms with Crippen molar-refractivity contribution in [2.45, 2.75) is 19.3 Å². The Morgan fingerprint density at radius 1 is 0.412 bits per heavy atom. The summed E-state index contributed by atoms with van der Waals surface area (Å²) < 4.78 is 6.82. The van der Waals surface area contributed by atoms with Gasteiger partial charge in [0.25, 0.3) is 0 Å². The minimum Gasteiger partial charge on any atom is -0.456 e. The SMILES string of the molecule is CC1(C)c2ccccc2-c2ccc(N(c3ccc4c(c3)oc3cc(-c5ccccc5)c5ccccc5c34)c3ccccc3-c3ccccc3)cc21. The Balaban J connectivity index is 1.21. The Bertz CT molecular complexity index is 2770. The van der Waals surface area contributed by atoms with Crippen LogP contribution in [0.3, 0.4) is 0 Å². The second kappa shape index (κ2) is 11.3. The zero-order valence-electron chi connectivity index (χ0n) is 28.6. The lowest BCUT2D eigenvalue weighted by atomic mass is 9.82. The van der Waals surface area contributed by atoms with Crippen molar-refractivity contribution in [1.82, 2.24) is 0 Å². The second-order valence-electron chi connectivity index (χ2n) is 14.1. The summed E-state index contributed by atoms with van der Waals surface area (Å²) in [4.78, 5) is 2.40.